The number of hydrogen-bond acceptors (Lipinski definition) is 8. The molecule has 2 aromatic rings. The Bertz CT molecular complexity index is 825. The lowest BCUT2D eigenvalue weighted by atomic mass is 10.1. The van der Waals surface area contributed by atoms with Crippen LogP contribution in [0.25, 0.3) is 21.6 Å². The van der Waals surface area contributed by atoms with Gasteiger partial charge in [-0.15, -0.1) is 0 Å². The van der Waals surface area contributed by atoms with Crippen LogP contribution < -0.4 is 10.6 Å². The molecule has 11 heteroatoms. The third-order valence-corrected chi connectivity index (χ3v) is 4.73. The minimum absolute atomic E-state index is 0.187. The molecule has 2 aromatic heterocycles. The number of nitrogen functional groups attached to an aromatic ring is 1. The van der Waals surface area contributed by atoms with E-state index in [0.717, 1.165) is 37.3 Å². The van der Waals surface area contributed by atoms with E-state index in [2.05, 4.69) is 29.9 Å². The third-order valence-electron chi connectivity index (χ3n) is 4.73. The third kappa shape index (κ3) is 2.72. The van der Waals surface area contributed by atoms with Gasteiger partial charge in [0.2, 0.25) is 5.95 Å². The van der Waals surface area contributed by atoms with Gasteiger partial charge in [-0.1, -0.05) is 5.11 Å². The molecule has 0 aromatic carbocycles. The van der Waals surface area contributed by atoms with Gasteiger partial charge >= 0.3 is 0 Å². The molecule has 4 heterocycles. The molecule has 0 amide bonds. The molecule has 0 bridgehead atoms. The minimum atomic E-state index is -0.539. The Morgan fingerprint density at radius 1 is 1.40 bits per heavy atom. The Morgan fingerprint density at radius 3 is 2.92 bits per heavy atom. The van der Waals surface area contributed by atoms with Crippen molar-refractivity contribution < 1.29 is 9.84 Å². The van der Waals surface area contributed by atoms with Crippen LogP contribution in [0.4, 0.5) is 11.8 Å². The summed E-state index contributed by atoms with van der Waals surface area (Å²) in [4.78, 5) is 18.0. The zero-order valence-corrected chi connectivity index (χ0v) is 13.6. The number of imidazole rings is 1. The van der Waals surface area contributed by atoms with Crippen molar-refractivity contribution in [2.45, 2.75) is 37.6 Å². The summed E-state index contributed by atoms with van der Waals surface area (Å²) in [5.41, 5.74) is 15.8. The van der Waals surface area contributed by atoms with Crippen LogP contribution in [-0.2, 0) is 4.74 Å². The second-order valence-corrected chi connectivity index (χ2v) is 6.24. The van der Waals surface area contributed by atoms with Gasteiger partial charge in [0.15, 0.2) is 11.5 Å². The van der Waals surface area contributed by atoms with E-state index in [-0.39, 0.29) is 12.6 Å². The number of nitrogens with two attached hydrogens (primary N) is 1. The molecule has 3 atom stereocenters. The second kappa shape index (κ2) is 6.36. The molecule has 132 valence electrons. The molecule has 0 aliphatic carbocycles. The normalized spacial score (nSPS) is 26.3. The fraction of sp³-hybridized carbons (Fsp3) is 0.643. The Labute approximate surface area is 143 Å². The van der Waals surface area contributed by atoms with E-state index >= 15 is 0 Å². The van der Waals surface area contributed by atoms with Crippen LogP contribution in [0.3, 0.4) is 0 Å². The van der Waals surface area contributed by atoms with Crippen molar-refractivity contribution >= 4 is 22.9 Å². The van der Waals surface area contributed by atoms with Crippen LogP contribution >= 0.6 is 0 Å². The molecule has 1 unspecified atom stereocenters. The van der Waals surface area contributed by atoms with Crippen molar-refractivity contribution in [3.63, 3.8) is 0 Å². The minimum Gasteiger partial charge on any atom is -0.394 e. The highest BCUT2D eigenvalue weighted by molar-refractivity contribution is 5.85. The molecule has 4 rings (SSSR count). The Hall–Kier alpha value is -2.62. The first-order chi connectivity index (χ1) is 12.2. The topological polar surface area (TPSA) is 151 Å². The summed E-state index contributed by atoms with van der Waals surface area (Å²) in [7, 11) is 0. The number of aliphatic hydroxyl groups excluding tert-OH is 1. The summed E-state index contributed by atoms with van der Waals surface area (Å²) in [6.45, 7) is 1.60. The van der Waals surface area contributed by atoms with E-state index in [1.807, 2.05) is 4.57 Å². The number of fused-ring (bicyclic) bond motifs is 1. The number of azide groups is 1. The fourth-order valence-electron chi connectivity index (χ4n) is 3.55. The number of anilines is 2. The largest absolute Gasteiger partial charge is 0.394 e. The van der Waals surface area contributed by atoms with Gasteiger partial charge in [0.1, 0.15) is 11.7 Å². The van der Waals surface area contributed by atoms with Gasteiger partial charge in [-0.2, -0.15) is 9.97 Å². The summed E-state index contributed by atoms with van der Waals surface area (Å²) < 4.78 is 7.72. The van der Waals surface area contributed by atoms with Crippen LogP contribution in [-0.4, -0.2) is 56.5 Å². The molecule has 0 spiro atoms. The van der Waals surface area contributed by atoms with E-state index in [9.17, 15) is 5.11 Å². The quantitative estimate of drug-likeness (QED) is 0.476. The van der Waals surface area contributed by atoms with E-state index < -0.39 is 18.4 Å². The monoisotopic (exact) mass is 345 g/mol. The van der Waals surface area contributed by atoms with Crippen molar-refractivity contribution in [2.24, 2.45) is 5.11 Å². The maximum absolute atomic E-state index is 9.47. The maximum atomic E-state index is 9.47. The highest BCUT2D eigenvalue weighted by Crippen LogP contribution is 2.35. The Balaban J connectivity index is 1.76. The summed E-state index contributed by atoms with van der Waals surface area (Å²) in [5, 5.41) is 13.2. The van der Waals surface area contributed by atoms with E-state index in [4.69, 9.17) is 16.0 Å². The van der Waals surface area contributed by atoms with Gasteiger partial charge < -0.3 is 20.5 Å². The lowest BCUT2D eigenvalue weighted by Crippen LogP contribution is -2.23. The van der Waals surface area contributed by atoms with Crippen molar-refractivity contribution in [3.05, 3.63) is 16.8 Å². The average Bonchev–Trinajstić information content (AvgIpc) is 3.33. The van der Waals surface area contributed by atoms with Crippen molar-refractivity contribution in [1.29, 1.82) is 0 Å². The SMILES string of the molecule is [N-]=[N+]=NC1C[C@H](n2cnc3nc(N)nc(N4CCCC4)c32)O[C@@H]1CO. The smallest absolute Gasteiger partial charge is 0.224 e. The highest BCUT2D eigenvalue weighted by Gasteiger charge is 2.36. The maximum Gasteiger partial charge on any atom is 0.224 e. The number of rotatable bonds is 4. The van der Waals surface area contributed by atoms with Crippen LogP contribution in [0.5, 0.6) is 0 Å². The van der Waals surface area contributed by atoms with Gasteiger partial charge in [0.25, 0.3) is 0 Å². The van der Waals surface area contributed by atoms with Gasteiger partial charge in [-0.3, -0.25) is 4.57 Å². The van der Waals surface area contributed by atoms with E-state index in [1.165, 1.54) is 0 Å². The Morgan fingerprint density at radius 2 is 2.20 bits per heavy atom. The predicted molar refractivity (Wildman–Crippen MR) is 89.7 cm³/mol. The van der Waals surface area contributed by atoms with Crippen LogP contribution in [0, 0.1) is 0 Å². The fourth-order valence-corrected chi connectivity index (χ4v) is 3.55. The molecular formula is C14H19N9O2. The Kier molecular flexibility index (Phi) is 4.04. The number of nitrogens with zero attached hydrogens (tertiary/aromatic N) is 8. The molecule has 2 aliphatic rings. The summed E-state index contributed by atoms with van der Waals surface area (Å²) in [5.74, 6) is 0.932. The molecule has 0 radical (unpaired) electrons. The van der Waals surface area contributed by atoms with Gasteiger partial charge in [0, 0.05) is 24.4 Å². The zero-order valence-electron chi connectivity index (χ0n) is 13.6. The standard InChI is InChI=1S/C14H19N9O2/c15-14-18-12-11(13(19-14)22-3-1-2-4-22)23(7-17-12)10-5-8(20-21-16)9(6-24)25-10/h7-10,24H,1-6H2,(H2,15,18,19)/t8?,9-,10-/m1/s1. The predicted octanol–water partition coefficient (Wildman–Crippen LogP) is 0.967. The molecule has 2 aliphatic heterocycles. The van der Waals surface area contributed by atoms with Gasteiger partial charge in [0.05, 0.1) is 25.1 Å². The molecule has 2 fully saturated rings. The van der Waals surface area contributed by atoms with Crippen LogP contribution in [0.1, 0.15) is 25.5 Å². The summed E-state index contributed by atoms with van der Waals surface area (Å²) >= 11 is 0. The molecule has 0 saturated carbocycles. The number of aliphatic hydroxyl groups is 1. The van der Waals surface area contributed by atoms with Crippen molar-refractivity contribution in [1.82, 2.24) is 19.5 Å². The van der Waals surface area contributed by atoms with Crippen LogP contribution in [0.2, 0.25) is 0 Å². The zero-order chi connectivity index (χ0) is 17.4. The summed E-state index contributed by atoms with van der Waals surface area (Å²) in [6, 6.07) is -0.428. The van der Waals surface area contributed by atoms with Crippen molar-refractivity contribution in [2.75, 3.05) is 30.3 Å². The number of aromatic nitrogens is 4. The lowest BCUT2D eigenvalue weighted by molar-refractivity contribution is -0.0230. The highest BCUT2D eigenvalue weighted by atomic mass is 16.5. The van der Waals surface area contributed by atoms with Crippen molar-refractivity contribution in [3.8, 4) is 0 Å². The first-order valence-corrected chi connectivity index (χ1v) is 8.26. The molecule has 11 nitrogen and oxygen atoms in total. The molecular weight excluding hydrogens is 326 g/mol. The molecule has 2 saturated heterocycles. The first kappa shape index (κ1) is 15.9. The molecule has 25 heavy (non-hydrogen) atoms. The van der Waals surface area contributed by atoms with Gasteiger partial charge in [-0.05, 0) is 18.4 Å². The van der Waals surface area contributed by atoms with Gasteiger partial charge in [-0.25, -0.2) is 4.98 Å². The lowest BCUT2D eigenvalue weighted by Gasteiger charge is -2.20. The molecule has 3 N–H and O–H groups in total. The number of ether oxygens (including phenoxy) is 1. The second-order valence-electron chi connectivity index (χ2n) is 6.24. The summed E-state index contributed by atoms with van der Waals surface area (Å²) in [6.07, 6.45) is 3.34. The first-order valence-electron chi connectivity index (χ1n) is 8.26. The van der Waals surface area contributed by atoms with E-state index in [0.29, 0.717) is 12.1 Å². The van der Waals surface area contributed by atoms with E-state index in [1.54, 1.807) is 6.33 Å². The average molecular weight is 345 g/mol. The number of hydrogen-bond donors (Lipinski definition) is 2. The van der Waals surface area contributed by atoms with Crippen LogP contribution in [0.15, 0.2) is 11.4 Å².